The van der Waals surface area contributed by atoms with E-state index in [0.29, 0.717) is 4.83 Å². The van der Waals surface area contributed by atoms with E-state index in [1.165, 1.54) is 42.5 Å². The smallest absolute Gasteiger partial charge is 0.0529 e. The van der Waals surface area contributed by atoms with Gasteiger partial charge in [-0.05, 0) is 49.3 Å². The molecule has 1 unspecified atom stereocenters. The van der Waals surface area contributed by atoms with E-state index in [1.54, 1.807) is 10.4 Å². The predicted octanol–water partition coefficient (Wildman–Crippen LogP) is 5.70. The van der Waals surface area contributed by atoms with Gasteiger partial charge in [-0.2, -0.15) is 0 Å². The highest BCUT2D eigenvalue weighted by atomic mass is 79.9. The van der Waals surface area contributed by atoms with Crippen molar-refractivity contribution >= 4 is 27.3 Å². The lowest BCUT2D eigenvalue weighted by atomic mass is 10.1. The SMILES string of the molecule is BrC(Cc1ccccc1)c1cc2c(s1)CCCCC2. The quantitative estimate of drug-likeness (QED) is 0.499. The van der Waals surface area contributed by atoms with Gasteiger partial charge < -0.3 is 0 Å². The maximum atomic E-state index is 3.88. The van der Waals surface area contributed by atoms with Gasteiger partial charge in [-0.3, -0.25) is 0 Å². The molecule has 1 aromatic carbocycles. The van der Waals surface area contributed by atoms with E-state index in [-0.39, 0.29) is 0 Å². The summed E-state index contributed by atoms with van der Waals surface area (Å²) < 4.78 is 0. The van der Waals surface area contributed by atoms with Gasteiger partial charge in [0.25, 0.3) is 0 Å². The molecule has 0 saturated carbocycles. The van der Waals surface area contributed by atoms with Gasteiger partial charge in [-0.25, -0.2) is 0 Å². The third-order valence-electron chi connectivity index (χ3n) is 3.83. The van der Waals surface area contributed by atoms with Crippen molar-refractivity contribution in [3.05, 3.63) is 57.3 Å². The van der Waals surface area contributed by atoms with E-state index < -0.39 is 0 Å². The summed E-state index contributed by atoms with van der Waals surface area (Å²) in [6, 6.07) is 13.2. The number of thiophene rings is 1. The normalized spacial score (nSPS) is 16.7. The molecule has 1 heterocycles. The van der Waals surface area contributed by atoms with Crippen LogP contribution in [-0.4, -0.2) is 0 Å². The van der Waals surface area contributed by atoms with Gasteiger partial charge in [-0.15, -0.1) is 11.3 Å². The van der Waals surface area contributed by atoms with Crippen molar-refractivity contribution in [1.82, 2.24) is 0 Å². The van der Waals surface area contributed by atoms with Crippen molar-refractivity contribution in [2.75, 3.05) is 0 Å². The van der Waals surface area contributed by atoms with Crippen LogP contribution in [0.1, 0.15) is 45.0 Å². The van der Waals surface area contributed by atoms with Crippen LogP contribution in [0.5, 0.6) is 0 Å². The molecule has 0 bridgehead atoms. The molecule has 0 aliphatic heterocycles. The lowest BCUT2D eigenvalue weighted by molar-refractivity contribution is 0.712. The maximum absolute atomic E-state index is 3.88. The van der Waals surface area contributed by atoms with Gasteiger partial charge in [0.15, 0.2) is 0 Å². The maximum Gasteiger partial charge on any atom is 0.0529 e. The molecule has 2 aromatic rings. The number of benzene rings is 1. The number of alkyl halides is 1. The van der Waals surface area contributed by atoms with E-state index >= 15 is 0 Å². The van der Waals surface area contributed by atoms with E-state index in [1.807, 2.05) is 11.3 Å². The number of aryl methyl sites for hydroxylation is 2. The van der Waals surface area contributed by atoms with E-state index in [0.717, 1.165) is 6.42 Å². The standard InChI is InChI=1S/C17H19BrS/c18-15(11-13-7-3-1-4-8-13)17-12-14-9-5-2-6-10-16(14)19-17/h1,3-4,7-8,12,15H,2,5-6,9-11H2. The third kappa shape index (κ3) is 3.29. The first-order chi connectivity index (χ1) is 9.33. The molecule has 1 atom stereocenters. The van der Waals surface area contributed by atoms with Gasteiger partial charge >= 0.3 is 0 Å². The Hall–Kier alpha value is -0.600. The zero-order valence-corrected chi connectivity index (χ0v) is 13.5. The van der Waals surface area contributed by atoms with Crippen LogP contribution in [0.3, 0.4) is 0 Å². The van der Waals surface area contributed by atoms with Gasteiger partial charge in [0, 0.05) is 9.75 Å². The average Bonchev–Trinajstić information content (AvgIpc) is 2.72. The van der Waals surface area contributed by atoms with E-state index in [4.69, 9.17) is 0 Å². The Morgan fingerprint density at radius 3 is 2.68 bits per heavy atom. The number of hydrogen-bond acceptors (Lipinski definition) is 1. The number of hydrogen-bond donors (Lipinski definition) is 0. The van der Waals surface area contributed by atoms with Crippen molar-refractivity contribution in [1.29, 1.82) is 0 Å². The molecule has 0 N–H and O–H groups in total. The first kappa shape index (κ1) is 13.4. The molecule has 0 radical (unpaired) electrons. The van der Waals surface area contributed by atoms with Gasteiger partial charge in [-0.1, -0.05) is 52.7 Å². The average molecular weight is 335 g/mol. The molecule has 0 saturated heterocycles. The van der Waals surface area contributed by atoms with Crippen LogP contribution in [0.2, 0.25) is 0 Å². The van der Waals surface area contributed by atoms with Crippen molar-refractivity contribution in [3.8, 4) is 0 Å². The van der Waals surface area contributed by atoms with Crippen molar-refractivity contribution in [3.63, 3.8) is 0 Å². The Balaban J connectivity index is 1.75. The summed E-state index contributed by atoms with van der Waals surface area (Å²) in [5.41, 5.74) is 3.03. The molecule has 0 fully saturated rings. The molecular formula is C17H19BrS. The van der Waals surface area contributed by atoms with Crippen LogP contribution >= 0.6 is 27.3 Å². The summed E-state index contributed by atoms with van der Waals surface area (Å²) in [5, 5.41) is 0. The van der Waals surface area contributed by atoms with Gasteiger partial charge in [0.2, 0.25) is 0 Å². The summed E-state index contributed by atoms with van der Waals surface area (Å²) in [5.74, 6) is 0. The monoisotopic (exact) mass is 334 g/mol. The lowest BCUT2D eigenvalue weighted by Crippen LogP contribution is -1.92. The summed E-state index contributed by atoms with van der Waals surface area (Å²) in [6.07, 6.45) is 7.81. The Labute approximate surface area is 128 Å². The number of rotatable bonds is 3. The van der Waals surface area contributed by atoms with Gasteiger partial charge in [0.05, 0.1) is 4.83 Å². The Morgan fingerprint density at radius 2 is 1.84 bits per heavy atom. The molecule has 100 valence electrons. The highest BCUT2D eigenvalue weighted by Crippen LogP contribution is 2.37. The second-order valence-corrected chi connectivity index (χ2v) is 7.59. The second-order valence-electron chi connectivity index (χ2n) is 5.32. The molecule has 2 heteroatoms. The second kappa shape index (κ2) is 6.23. The molecule has 1 aliphatic rings. The van der Waals surface area contributed by atoms with Crippen LogP contribution in [-0.2, 0) is 19.3 Å². The first-order valence-electron chi connectivity index (χ1n) is 7.12. The molecule has 19 heavy (non-hydrogen) atoms. The Morgan fingerprint density at radius 1 is 1.05 bits per heavy atom. The third-order valence-corrected chi connectivity index (χ3v) is 6.30. The van der Waals surface area contributed by atoms with Crippen molar-refractivity contribution in [2.24, 2.45) is 0 Å². The van der Waals surface area contributed by atoms with E-state index in [9.17, 15) is 0 Å². The zero-order chi connectivity index (χ0) is 13.1. The minimum atomic E-state index is 0.465. The largest absolute Gasteiger partial charge is 0.144 e. The van der Waals surface area contributed by atoms with Crippen LogP contribution in [0, 0.1) is 0 Å². The lowest BCUT2D eigenvalue weighted by Gasteiger charge is -2.07. The van der Waals surface area contributed by atoms with Crippen LogP contribution < -0.4 is 0 Å². The van der Waals surface area contributed by atoms with E-state index in [2.05, 4.69) is 52.3 Å². The fourth-order valence-electron chi connectivity index (χ4n) is 2.77. The summed E-state index contributed by atoms with van der Waals surface area (Å²) in [4.78, 5) is 3.62. The van der Waals surface area contributed by atoms with Crippen LogP contribution in [0.4, 0.5) is 0 Å². The zero-order valence-electron chi connectivity index (χ0n) is 11.1. The van der Waals surface area contributed by atoms with Crippen molar-refractivity contribution in [2.45, 2.75) is 43.4 Å². The van der Waals surface area contributed by atoms with Crippen LogP contribution in [0.25, 0.3) is 0 Å². The molecule has 0 spiro atoms. The highest BCUT2D eigenvalue weighted by Gasteiger charge is 2.16. The fraction of sp³-hybridized carbons (Fsp3) is 0.412. The Kier molecular flexibility index (Phi) is 4.39. The van der Waals surface area contributed by atoms with Crippen LogP contribution in [0.15, 0.2) is 36.4 Å². The number of fused-ring (bicyclic) bond motifs is 1. The Bertz CT molecular complexity index is 506. The molecule has 1 aliphatic carbocycles. The predicted molar refractivity (Wildman–Crippen MR) is 87.4 cm³/mol. The molecule has 0 nitrogen and oxygen atoms in total. The molecule has 0 amide bonds. The summed E-state index contributed by atoms with van der Waals surface area (Å²) in [6.45, 7) is 0. The van der Waals surface area contributed by atoms with Gasteiger partial charge in [0.1, 0.15) is 0 Å². The molecular weight excluding hydrogens is 316 g/mol. The summed E-state index contributed by atoms with van der Waals surface area (Å²) >= 11 is 5.91. The fourth-order valence-corrected chi connectivity index (χ4v) is 4.79. The first-order valence-corrected chi connectivity index (χ1v) is 8.85. The minimum Gasteiger partial charge on any atom is -0.144 e. The highest BCUT2D eigenvalue weighted by molar-refractivity contribution is 9.09. The summed E-state index contributed by atoms with van der Waals surface area (Å²) in [7, 11) is 0. The molecule has 1 aromatic heterocycles. The minimum absolute atomic E-state index is 0.465. The van der Waals surface area contributed by atoms with Crippen molar-refractivity contribution < 1.29 is 0 Å². The number of halogens is 1. The molecule has 3 rings (SSSR count). The topological polar surface area (TPSA) is 0 Å².